The average molecular weight is 581 g/mol. The summed E-state index contributed by atoms with van der Waals surface area (Å²) in [6.45, 7) is 9.13. The molecule has 0 saturated heterocycles. The first kappa shape index (κ1) is 30.0. The van der Waals surface area contributed by atoms with Gasteiger partial charge in [0.2, 0.25) is 5.91 Å². The second kappa shape index (κ2) is 12.0. The molecule has 7 heteroatoms. The van der Waals surface area contributed by atoms with Crippen LogP contribution in [0, 0.1) is 32.5 Å². The fraction of sp³-hybridized carbons (Fsp3) is 0.278. The number of rotatable bonds is 7. The van der Waals surface area contributed by atoms with Crippen LogP contribution in [0.15, 0.2) is 84.9 Å². The summed E-state index contributed by atoms with van der Waals surface area (Å²) in [5.74, 6) is -1.51. The molecule has 1 aliphatic heterocycles. The SMILES string of the molecule is Cc1ccc(NC(=O)[C@H]2Cc3ccccc3N(C(=O)c3c(C)cccc3F)C2c2ccc(OCC(C)(C)O)cc2)cc1C. The summed E-state index contributed by atoms with van der Waals surface area (Å²) in [6.07, 6.45) is 0.383. The van der Waals surface area contributed by atoms with Gasteiger partial charge >= 0.3 is 0 Å². The number of ether oxygens (including phenoxy) is 1. The molecular weight excluding hydrogens is 543 g/mol. The van der Waals surface area contributed by atoms with Crippen LogP contribution in [0.4, 0.5) is 15.8 Å². The van der Waals surface area contributed by atoms with E-state index in [2.05, 4.69) is 5.32 Å². The minimum Gasteiger partial charge on any atom is -0.491 e. The number of nitrogens with one attached hydrogen (secondary N) is 1. The maximum absolute atomic E-state index is 15.2. The molecule has 2 amide bonds. The molecule has 43 heavy (non-hydrogen) atoms. The standard InChI is InChI=1S/C36H37FN2O4/c1-22-13-16-27(19-24(22)3)38-34(40)29-20-26-10-6-7-12-31(26)39(35(41)32-23(2)9-8-11-30(32)37)33(29)25-14-17-28(18-15-25)43-21-36(4,5)42/h6-19,29,33,42H,20-21H2,1-5H3,(H,38,40)/t29-,33?/m0/s1. The van der Waals surface area contributed by atoms with Crippen molar-refractivity contribution in [3.8, 4) is 5.75 Å². The first-order valence-electron chi connectivity index (χ1n) is 14.4. The van der Waals surface area contributed by atoms with Crippen molar-refractivity contribution in [1.29, 1.82) is 0 Å². The summed E-state index contributed by atoms with van der Waals surface area (Å²) in [5.41, 5.74) is 4.48. The van der Waals surface area contributed by atoms with Crippen LogP contribution in [0.3, 0.4) is 0 Å². The number of benzene rings is 4. The number of carbonyl (C=O) groups excluding carboxylic acids is 2. The van der Waals surface area contributed by atoms with Crippen molar-refractivity contribution >= 4 is 23.2 Å². The monoisotopic (exact) mass is 580 g/mol. The van der Waals surface area contributed by atoms with E-state index < -0.39 is 29.3 Å². The van der Waals surface area contributed by atoms with Gasteiger partial charge in [0.1, 0.15) is 18.2 Å². The molecule has 1 unspecified atom stereocenters. The van der Waals surface area contributed by atoms with Gasteiger partial charge in [-0.15, -0.1) is 0 Å². The van der Waals surface area contributed by atoms with E-state index >= 15 is 4.39 Å². The molecular formula is C36H37FN2O4. The van der Waals surface area contributed by atoms with Crippen LogP contribution >= 0.6 is 0 Å². The molecule has 0 fully saturated rings. The van der Waals surface area contributed by atoms with E-state index in [0.717, 1.165) is 16.7 Å². The van der Waals surface area contributed by atoms with Crippen LogP contribution in [-0.2, 0) is 11.2 Å². The van der Waals surface area contributed by atoms with Crippen LogP contribution < -0.4 is 15.0 Å². The molecule has 6 nitrogen and oxygen atoms in total. The van der Waals surface area contributed by atoms with E-state index in [-0.39, 0.29) is 18.1 Å². The summed E-state index contributed by atoms with van der Waals surface area (Å²) in [4.78, 5) is 30.0. The smallest absolute Gasteiger partial charge is 0.262 e. The molecule has 4 aromatic carbocycles. The molecule has 222 valence electrons. The summed E-state index contributed by atoms with van der Waals surface area (Å²) >= 11 is 0. The fourth-order valence-electron chi connectivity index (χ4n) is 5.55. The molecule has 2 N–H and O–H groups in total. The number of hydrogen-bond donors (Lipinski definition) is 2. The van der Waals surface area contributed by atoms with Crippen molar-refractivity contribution < 1.29 is 23.8 Å². The molecule has 0 radical (unpaired) electrons. The third kappa shape index (κ3) is 6.47. The highest BCUT2D eigenvalue weighted by Crippen LogP contribution is 2.44. The quantitative estimate of drug-likeness (QED) is 0.244. The van der Waals surface area contributed by atoms with Gasteiger partial charge in [-0.25, -0.2) is 4.39 Å². The van der Waals surface area contributed by atoms with Crippen molar-refractivity contribution in [1.82, 2.24) is 0 Å². The molecule has 1 aliphatic rings. The molecule has 1 heterocycles. The van der Waals surface area contributed by atoms with Crippen LogP contribution in [0.2, 0.25) is 0 Å². The lowest BCUT2D eigenvalue weighted by Gasteiger charge is -2.42. The van der Waals surface area contributed by atoms with Crippen molar-refractivity contribution in [3.05, 3.63) is 124 Å². The van der Waals surface area contributed by atoms with Gasteiger partial charge in [0.25, 0.3) is 5.91 Å². The molecule has 0 saturated carbocycles. The number of hydrogen-bond acceptors (Lipinski definition) is 4. The molecule has 5 rings (SSSR count). The Bertz CT molecular complexity index is 1640. The second-order valence-electron chi connectivity index (χ2n) is 11.9. The first-order chi connectivity index (χ1) is 20.4. The third-order valence-electron chi connectivity index (χ3n) is 7.93. The Morgan fingerprint density at radius 1 is 0.930 bits per heavy atom. The minimum absolute atomic E-state index is 0.0253. The van der Waals surface area contributed by atoms with Crippen LogP contribution in [-0.4, -0.2) is 29.1 Å². The molecule has 0 bridgehead atoms. The number of aliphatic hydroxyl groups is 1. The lowest BCUT2D eigenvalue weighted by atomic mass is 9.80. The van der Waals surface area contributed by atoms with Crippen molar-refractivity contribution in [2.75, 3.05) is 16.8 Å². The largest absolute Gasteiger partial charge is 0.491 e. The Morgan fingerprint density at radius 2 is 1.65 bits per heavy atom. The van der Waals surface area contributed by atoms with Crippen LogP contribution in [0.5, 0.6) is 5.75 Å². The zero-order valence-electron chi connectivity index (χ0n) is 25.1. The highest BCUT2D eigenvalue weighted by molar-refractivity contribution is 6.09. The third-order valence-corrected chi connectivity index (χ3v) is 7.93. The van der Waals surface area contributed by atoms with Gasteiger partial charge in [-0.05, 0) is 105 Å². The molecule has 0 spiro atoms. The topological polar surface area (TPSA) is 78.9 Å². The normalized spacial score (nSPS) is 16.4. The van der Waals surface area contributed by atoms with Crippen molar-refractivity contribution in [2.24, 2.45) is 5.92 Å². The maximum atomic E-state index is 15.2. The molecule has 4 aromatic rings. The number of halogens is 1. The number of fused-ring (bicyclic) bond motifs is 1. The number of nitrogens with zero attached hydrogens (tertiary/aromatic N) is 1. The zero-order chi connectivity index (χ0) is 30.9. The van der Waals surface area contributed by atoms with E-state index in [4.69, 9.17) is 4.74 Å². The minimum atomic E-state index is -1.01. The predicted octanol–water partition coefficient (Wildman–Crippen LogP) is 7.10. The second-order valence-corrected chi connectivity index (χ2v) is 11.9. The highest BCUT2D eigenvalue weighted by Gasteiger charge is 2.43. The molecule has 2 atom stereocenters. The number of amides is 2. The molecule has 0 aromatic heterocycles. The van der Waals surface area contributed by atoms with Gasteiger partial charge in [0.05, 0.1) is 23.1 Å². The van der Waals surface area contributed by atoms with Gasteiger partial charge in [-0.1, -0.05) is 48.5 Å². The summed E-state index contributed by atoms with van der Waals surface area (Å²) in [5, 5.41) is 13.2. The average Bonchev–Trinajstić information content (AvgIpc) is 2.96. The van der Waals surface area contributed by atoms with Gasteiger partial charge in [0, 0.05) is 11.4 Å². The number of anilines is 2. The fourth-order valence-corrected chi connectivity index (χ4v) is 5.55. The highest BCUT2D eigenvalue weighted by atomic mass is 19.1. The predicted molar refractivity (Wildman–Crippen MR) is 167 cm³/mol. The Hall–Kier alpha value is -4.49. The number of carbonyl (C=O) groups is 2. The Morgan fingerprint density at radius 3 is 2.33 bits per heavy atom. The summed E-state index contributed by atoms with van der Waals surface area (Å²) < 4.78 is 21.0. The summed E-state index contributed by atoms with van der Waals surface area (Å²) in [7, 11) is 0. The Balaban J connectivity index is 1.62. The zero-order valence-corrected chi connectivity index (χ0v) is 25.1. The van der Waals surface area contributed by atoms with E-state index in [1.165, 1.54) is 6.07 Å². The molecule has 0 aliphatic carbocycles. The van der Waals surface area contributed by atoms with Crippen LogP contribution in [0.1, 0.15) is 58.1 Å². The lowest BCUT2D eigenvalue weighted by molar-refractivity contribution is -0.120. The Labute approximate surface area is 252 Å². The van der Waals surface area contributed by atoms with Crippen molar-refractivity contribution in [2.45, 2.75) is 52.7 Å². The Kier molecular flexibility index (Phi) is 8.38. The first-order valence-corrected chi connectivity index (χ1v) is 14.4. The number of para-hydroxylation sites is 1. The van der Waals surface area contributed by atoms with E-state index in [0.29, 0.717) is 34.7 Å². The van der Waals surface area contributed by atoms with Gasteiger partial charge in [-0.3, -0.25) is 14.5 Å². The maximum Gasteiger partial charge on any atom is 0.262 e. The van der Waals surface area contributed by atoms with Gasteiger partial charge in [-0.2, -0.15) is 0 Å². The van der Waals surface area contributed by atoms with Crippen LogP contribution in [0.25, 0.3) is 0 Å². The van der Waals surface area contributed by atoms with E-state index in [1.807, 2.05) is 68.4 Å². The van der Waals surface area contributed by atoms with Crippen molar-refractivity contribution in [3.63, 3.8) is 0 Å². The van der Waals surface area contributed by atoms with E-state index in [9.17, 15) is 14.7 Å². The van der Waals surface area contributed by atoms with Gasteiger partial charge in [0.15, 0.2) is 0 Å². The van der Waals surface area contributed by atoms with Gasteiger partial charge < -0.3 is 15.2 Å². The number of aryl methyl sites for hydroxylation is 3. The lowest BCUT2D eigenvalue weighted by Crippen LogP contribution is -2.47. The van der Waals surface area contributed by atoms with E-state index in [1.54, 1.807) is 49.9 Å². The summed E-state index contributed by atoms with van der Waals surface area (Å²) in [6, 6.07) is 24.2.